The molecule has 0 aliphatic rings. The number of carbonyl (C=O) groups excluding carboxylic acids is 1. The molecule has 0 saturated heterocycles. The number of nitrogens with one attached hydrogen (secondary N) is 1. The number of hydrogen-bond acceptors (Lipinski definition) is 8. The van der Waals surface area contributed by atoms with Crippen LogP contribution < -0.4 is 5.32 Å². The van der Waals surface area contributed by atoms with Gasteiger partial charge in [0.25, 0.3) is 5.91 Å². The third-order valence-electron chi connectivity index (χ3n) is 3.36. The van der Waals surface area contributed by atoms with Crippen LogP contribution in [-0.4, -0.2) is 36.3 Å². The maximum atomic E-state index is 12.2. The van der Waals surface area contributed by atoms with E-state index in [9.17, 15) is 4.79 Å². The number of rotatable bonds is 6. The molecule has 2 heterocycles. The van der Waals surface area contributed by atoms with E-state index >= 15 is 0 Å². The van der Waals surface area contributed by atoms with Gasteiger partial charge in [0.1, 0.15) is 5.01 Å². The first kappa shape index (κ1) is 18.5. The summed E-state index contributed by atoms with van der Waals surface area (Å²) in [5.41, 5.74) is 0.838. The smallest absolute Gasteiger partial charge is 0.282 e. The van der Waals surface area contributed by atoms with Crippen molar-refractivity contribution in [1.82, 2.24) is 35.7 Å². The van der Waals surface area contributed by atoms with Crippen molar-refractivity contribution < 1.29 is 4.79 Å². The Balaban J connectivity index is 1.56. The molecule has 0 spiro atoms. The van der Waals surface area contributed by atoms with Crippen LogP contribution in [0.15, 0.2) is 35.5 Å². The Labute approximate surface area is 159 Å². The summed E-state index contributed by atoms with van der Waals surface area (Å²) in [7, 11) is 0. The van der Waals surface area contributed by atoms with Gasteiger partial charge in [0.05, 0.1) is 11.3 Å². The van der Waals surface area contributed by atoms with Crippen LogP contribution in [-0.2, 0) is 17.8 Å². The Hall–Kier alpha value is -2.33. The minimum Gasteiger partial charge on any atom is -0.346 e. The summed E-state index contributed by atoms with van der Waals surface area (Å²) < 4.78 is 1.77. The number of amides is 1. The molecule has 0 bridgehead atoms. The van der Waals surface area contributed by atoms with Gasteiger partial charge in [-0.3, -0.25) is 4.79 Å². The first-order chi connectivity index (χ1) is 12.4. The van der Waals surface area contributed by atoms with Gasteiger partial charge in [-0.15, -0.1) is 15.3 Å². The maximum absolute atomic E-state index is 12.2. The summed E-state index contributed by atoms with van der Waals surface area (Å²) in [6.07, 6.45) is 0. The van der Waals surface area contributed by atoms with Crippen molar-refractivity contribution in [1.29, 1.82) is 0 Å². The Morgan fingerprint density at radius 3 is 2.69 bits per heavy atom. The van der Waals surface area contributed by atoms with Crippen LogP contribution in [0.3, 0.4) is 0 Å². The Morgan fingerprint density at radius 1 is 1.19 bits per heavy atom. The number of nitrogens with zero attached hydrogens (tertiary/aromatic N) is 6. The van der Waals surface area contributed by atoms with E-state index in [0.717, 1.165) is 10.6 Å². The Kier molecular flexibility index (Phi) is 5.62. The van der Waals surface area contributed by atoms with Crippen LogP contribution >= 0.6 is 23.1 Å². The van der Waals surface area contributed by atoms with Crippen molar-refractivity contribution in [2.24, 2.45) is 0 Å². The predicted molar refractivity (Wildman–Crippen MR) is 99.9 cm³/mol. The molecule has 0 unspecified atom stereocenters. The molecule has 136 valence electrons. The zero-order valence-electron chi connectivity index (χ0n) is 14.7. The van der Waals surface area contributed by atoms with Gasteiger partial charge < -0.3 is 5.32 Å². The largest absolute Gasteiger partial charge is 0.346 e. The van der Waals surface area contributed by atoms with Gasteiger partial charge in [-0.1, -0.05) is 53.4 Å². The Bertz CT molecular complexity index is 870. The maximum Gasteiger partial charge on any atom is 0.282 e. The fourth-order valence-corrected chi connectivity index (χ4v) is 3.87. The van der Waals surface area contributed by atoms with Gasteiger partial charge in [-0.2, -0.15) is 0 Å². The van der Waals surface area contributed by atoms with E-state index in [2.05, 4.69) is 31.0 Å². The number of benzene rings is 1. The van der Waals surface area contributed by atoms with Gasteiger partial charge in [0.2, 0.25) is 10.2 Å². The average Bonchev–Trinajstić information content (AvgIpc) is 3.27. The summed E-state index contributed by atoms with van der Waals surface area (Å²) in [6.45, 7) is 6.57. The lowest BCUT2D eigenvalue weighted by molar-refractivity contribution is 0.0950. The number of thioether (sulfide) groups is 1. The van der Waals surface area contributed by atoms with Crippen molar-refractivity contribution in [3.05, 3.63) is 45.9 Å². The normalized spacial score (nSPS) is 11.5. The molecule has 2 aromatic heterocycles. The standard InChI is InChI=1S/C16H19N7OS2/c1-16(2,3)23-15(20-21-22-23)25-10-12-18-19-14(26-12)13(24)17-9-11-7-5-4-6-8-11/h4-8H,9-10H2,1-3H3,(H,17,24). The van der Waals surface area contributed by atoms with E-state index in [1.54, 1.807) is 4.68 Å². The second-order valence-electron chi connectivity index (χ2n) is 6.50. The lowest BCUT2D eigenvalue weighted by Gasteiger charge is -2.19. The first-order valence-corrected chi connectivity index (χ1v) is 9.80. The number of carbonyl (C=O) groups is 1. The second-order valence-corrected chi connectivity index (χ2v) is 8.51. The van der Waals surface area contributed by atoms with E-state index in [1.165, 1.54) is 23.1 Å². The molecule has 0 aliphatic carbocycles. The van der Waals surface area contributed by atoms with Crippen molar-refractivity contribution in [3.63, 3.8) is 0 Å². The van der Waals surface area contributed by atoms with Crippen LogP contribution in [0.5, 0.6) is 0 Å². The molecule has 3 aromatic rings. The second kappa shape index (κ2) is 7.92. The van der Waals surface area contributed by atoms with E-state index in [4.69, 9.17) is 0 Å². The molecular weight excluding hydrogens is 370 g/mol. The van der Waals surface area contributed by atoms with Crippen LogP contribution in [0.1, 0.15) is 41.1 Å². The van der Waals surface area contributed by atoms with Crippen LogP contribution in [0.25, 0.3) is 0 Å². The minimum absolute atomic E-state index is 0.199. The number of hydrogen-bond donors (Lipinski definition) is 1. The van der Waals surface area contributed by atoms with Crippen molar-refractivity contribution in [2.75, 3.05) is 0 Å². The molecule has 0 saturated carbocycles. The first-order valence-electron chi connectivity index (χ1n) is 7.99. The van der Waals surface area contributed by atoms with Crippen LogP contribution in [0.2, 0.25) is 0 Å². The third kappa shape index (κ3) is 4.64. The lowest BCUT2D eigenvalue weighted by atomic mass is 10.1. The summed E-state index contributed by atoms with van der Waals surface area (Å²) in [5.74, 6) is 0.335. The summed E-state index contributed by atoms with van der Waals surface area (Å²) >= 11 is 2.75. The van der Waals surface area contributed by atoms with Gasteiger partial charge >= 0.3 is 0 Å². The van der Waals surface area contributed by atoms with Crippen LogP contribution in [0.4, 0.5) is 0 Å². The quantitative estimate of drug-likeness (QED) is 0.647. The summed E-state index contributed by atoms with van der Waals surface area (Å²) in [5, 5.41) is 24.5. The summed E-state index contributed by atoms with van der Waals surface area (Å²) in [4.78, 5) is 12.2. The molecule has 0 fully saturated rings. The SMILES string of the molecule is CC(C)(C)n1nnnc1SCc1nnc(C(=O)NCc2ccccc2)s1. The molecule has 10 heteroatoms. The van der Waals surface area contributed by atoms with Gasteiger partial charge in [0.15, 0.2) is 0 Å². The molecule has 0 atom stereocenters. The van der Waals surface area contributed by atoms with Gasteiger partial charge in [-0.25, -0.2) is 4.68 Å². The molecule has 8 nitrogen and oxygen atoms in total. The zero-order chi connectivity index (χ0) is 18.6. The molecule has 3 rings (SSSR count). The summed E-state index contributed by atoms with van der Waals surface area (Å²) in [6, 6.07) is 9.74. The molecule has 1 N–H and O–H groups in total. The molecule has 26 heavy (non-hydrogen) atoms. The Morgan fingerprint density at radius 2 is 1.96 bits per heavy atom. The molecule has 0 aliphatic heterocycles. The van der Waals surface area contributed by atoms with Crippen molar-refractivity contribution in [3.8, 4) is 0 Å². The van der Waals surface area contributed by atoms with Gasteiger partial charge in [-0.05, 0) is 36.8 Å². The lowest BCUT2D eigenvalue weighted by Crippen LogP contribution is -2.24. The fraction of sp³-hybridized carbons (Fsp3) is 0.375. The molecule has 0 radical (unpaired) electrons. The topological polar surface area (TPSA) is 98.5 Å². The van der Waals surface area contributed by atoms with Crippen LogP contribution in [0, 0.1) is 0 Å². The van der Waals surface area contributed by atoms with Crippen molar-refractivity contribution in [2.45, 2.75) is 43.8 Å². The van der Waals surface area contributed by atoms with Gasteiger partial charge in [0, 0.05) is 6.54 Å². The zero-order valence-corrected chi connectivity index (χ0v) is 16.3. The number of aromatic nitrogens is 6. The molecular formula is C16H19N7OS2. The number of tetrazole rings is 1. The highest BCUT2D eigenvalue weighted by atomic mass is 32.2. The van der Waals surface area contributed by atoms with E-state index in [1.807, 2.05) is 51.1 Å². The predicted octanol–water partition coefficient (Wildman–Crippen LogP) is 2.50. The fourth-order valence-electron chi connectivity index (χ4n) is 2.07. The molecule has 1 amide bonds. The molecule has 1 aromatic carbocycles. The van der Waals surface area contributed by atoms with Crippen molar-refractivity contribution >= 4 is 29.0 Å². The van der Waals surface area contributed by atoms with E-state index in [0.29, 0.717) is 22.5 Å². The van der Waals surface area contributed by atoms with E-state index in [-0.39, 0.29) is 11.4 Å². The average molecular weight is 390 g/mol. The highest BCUT2D eigenvalue weighted by Crippen LogP contribution is 2.25. The van der Waals surface area contributed by atoms with E-state index < -0.39 is 0 Å². The third-order valence-corrected chi connectivity index (χ3v) is 5.39. The highest BCUT2D eigenvalue weighted by molar-refractivity contribution is 7.98. The monoisotopic (exact) mass is 389 g/mol. The minimum atomic E-state index is -0.220. The highest BCUT2D eigenvalue weighted by Gasteiger charge is 2.20.